The van der Waals surface area contributed by atoms with E-state index < -0.39 is 0 Å². The number of benzene rings is 2. The summed E-state index contributed by atoms with van der Waals surface area (Å²) in [6.45, 7) is 0. The molecule has 2 nitrogen and oxygen atoms in total. The van der Waals surface area contributed by atoms with Crippen molar-refractivity contribution in [2.24, 2.45) is 0 Å². The zero-order valence-electron chi connectivity index (χ0n) is 9.92. The zero-order chi connectivity index (χ0) is 13.2. The van der Waals surface area contributed by atoms with Gasteiger partial charge < -0.3 is 0 Å². The van der Waals surface area contributed by atoms with Crippen molar-refractivity contribution in [3.63, 3.8) is 0 Å². The van der Waals surface area contributed by atoms with Gasteiger partial charge >= 0.3 is 0 Å². The summed E-state index contributed by atoms with van der Waals surface area (Å²) in [6, 6.07) is 14.3. The summed E-state index contributed by atoms with van der Waals surface area (Å²) in [5.41, 5.74) is 2.88. The fourth-order valence-electron chi connectivity index (χ4n) is 1.87. The number of nitrogens with zero attached hydrogens (tertiary/aromatic N) is 2. The molecule has 0 atom stereocenters. The molecule has 0 radical (unpaired) electrons. The number of aromatic nitrogens is 2. The number of hydrogen-bond acceptors (Lipinski definition) is 1. The highest BCUT2D eigenvalue weighted by Gasteiger charge is 2.04. The lowest BCUT2D eigenvalue weighted by Gasteiger charge is -2.01. The Bertz CT molecular complexity index is 704. The number of rotatable bonds is 2. The molecule has 0 aliphatic rings. The van der Waals surface area contributed by atoms with Gasteiger partial charge in [-0.3, -0.25) is 0 Å². The predicted octanol–water partition coefficient (Wildman–Crippen LogP) is 4.44. The fraction of sp³-hybridized carbons (Fsp3) is 0. The Morgan fingerprint density at radius 3 is 2.53 bits per heavy atom. The van der Waals surface area contributed by atoms with Gasteiger partial charge in [-0.25, -0.2) is 9.07 Å². The highest BCUT2D eigenvalue weighted by molar-refractivity contribution is 9.10. The lowest BCUT2D eigenvalue weighted by Crippen LogP contribution is -1.93. The van der Waals surface area contributed by atoms with Gasteiger partial charge in [0.25, 0.3) is 0 Å². The summed E-state index contributed by atoms with van der Waals surface area (Å²) >= 11 is 3.44. The zero-order valence-corrected chi connectivity index (χ0v) is 11.5. The highest BCUT2D eigenvalue weighted by Crippen LogP contribution is 2.21. The second kappa shape index (κ2) is 4.97. The highest BCUT2D eigenvalue weighted by atomic mass is 79.9. The quantitative estimate of drug-likeness (QED) is 0.683. The van der Waals surface area contributed by atoms with Crippen molar-refractivity contribution in [1.29, 1.82) is 0 Å². The average molecular weight is 317 g/mol. The maximum absolute atomic E-state index is 12.9. The van der Waals surface area contributed by atoms with E-state index in [1.165, 1.54) is 12.1 Å². The lowest BCUT2D eigenvalue weighted by atomic mass is 10.1. The van der Waals surface area contributed by atoms with Crippen LogP contribution in [0.2, 0.25) is 0 Å². The predicted molar refractivity (Wildman–Crippen MR) is 76.7 cm³/mol. The first-order valence-electron chi connectivity index (χ1n) is 5.79. The van der Waals surface area contributed by atoms with Gasteiger partial charge in [-0.1, -0.05) is 34.1 Å². The van der Waals surface area contributed by atoms with Crippen LogP contribution < -0.4 is 0 Å². The molecule has 0 spiro atoms. The van der Waals surface area contributed by atoms with E-state index in [4.69, 9.17) is 0 Å². The monoisotopic (exact) mass is 316 g/mol. The number of halogens is 2. The largest absolute Gasteiger partial charge is 0.240 e. The van der Waals surface area contributed by atoms with E-state index >= 15 is 0 Å². The van der Waals surface area contributed by atoms with Gasteiger partial charge in [0.2, 0.25) is 0 Å². The standard InChI is InChI=1S/C15H10BrFN2/c16-13-2-1-3-15(8-13)19-10-12(9-18-19)11-4-6-14(17)7-5-11/h1-10H. The van der Waals surface area contributed by atoms with Gasteiger partial charge in [-0.15, -0.1) is 0 Å². The van der Waals surface area contributed by atoms with Crippen molar-refractivity contribution < 1.29 is 4.39 Å². The first kappa shape index (κ1) is 12.1. The Morgan fingerprint density at radius 2 is 1.79 bits per heavy atom. The molecule has 0 fully saturated rings. The van der Waals surface area contributed by atoms with Gasteiger partial charge in [-0.2, -0.15) is 5.10 Å². The maximum Gasteiger partial charge on any atom is 0.123 e. The molecular weight excluding hydrogens is 307 g/mol. The Morgan fingerprint density at radius 1 is 1.00 bits per heavy atom. The summed E-state index contributed by atoms with van der Waals surface area (Å²) in [7, 11) is 0. The van der Waals surface area contributed by atoms with Crippen molar-refractivity contribution >= 4 is 15.9 Å². The van der Waals surface area contributed by atoms with Crippen LogP contribution >= 0.6 is 15.9 Å². The molecule has 0 N–H and O–H groups in total. The molecule has 2 aromatic carbocycles. The molecule has 4 heteroatoms. The van der Waals surface area contributed by atoms with Crippen molar-refractivity contribution in [3.8, 4) is 16.8 Å². The topological polar surface area (TPSA) is 17.8 Å². The SMILES string of the molecule is Fc1ccc(-c2cnn(-c3cccc(Br)c3)c2)cc1. The molecule has 19 heavy (non-hydrogen) atoms. The summed E-state index contributed by atoms with van der Waals surface area (Å²) in [4.78, 5) is 0. The summed E-state index contributed by atoms with van der Waals surface area (Å²) in [6.07, 6.45) is 3.70. The molecule has 1 aromatic heterocycles. The van der Waals surface area contributed by atoms with E-state index in [2.05, 4.69) is 21.0 Å². The Kier molecular flexibility index (Phi) is 3.17. The van der Waals surface area contributed by atoms with Gasteiger partial charge in [0, 0.05) is 16.2 Å². The second-order valence-corrected chi connectivity index (χ2v) is 5.08. The van der Waals surface area contributed by atoms with Crippen molar-refractivity contribution in [2.45, 2.75) is 0 Å². The Labute approximate surface area is 118 Å². The molecular formula is C15H10BrFN2. The number of hydrogen-bond donors (Lipinski definition) is 0. The summed E-state index contributed by atoms with van der Waals surface area (Å²) in [5.74, 6) is -0.233. The van der Waals surface area contributed by atoms with Crippen LogP contribution in [0.4, 0.5) is 4.39 Å². The average Bonchev–Trinajstić information content (AvgIpc) is 2.89. The van der Waals surface area contributed by atoms with Gasteiger partial charge in [0.05, 0.1) is 11.9 Å². The van der Waals surface area contributed by atoms with E-state index in [9.17, 15) is 4.39 Å². The van der Waals surface area contributed by atoms with Crippen LogP contribution in [0.1, 0.15) is 0 Å². The van der Waals surface area contributed by atoms with Gasteiger partial charge in [-0.05, 0) is 35.9 Å². The minimum Gasteiger partial charge on any atom is -0.240 e. The van der Waals surface area contributed by atoms with Crippen LogP contribution in [0.3, 0.4) is 0 Å². The van der Waals surface area contributed by atoms with Gasteiger partial charge in [0.1, 0.15) is 5.82 Å². The molecule has 3 aromatic rings. The van der Waals surface area contributed by atoms with E-state index in [1.807, 2.05) is 30.5 Å². The fourth-order valence-corrected chi connectivity index (χ4v) is 2.26. The lowest BCUT2D eigenvalue weighted by molar-refractivity contribution is 0.628. The third-order valence-electron chi connectivity index (χ3n) is 2.83. The van der Waals surface area contributed by atoms with Crippen molar-refractivity contribution in [2.75, 3.05) is 0 Å². The van der Waals surface area contributed by atoms with Crippen molar-refractivity contribution in [3.05, 3.63) is 71.2 Å². The minimum absolute atomic E-state index is 0.233. The van der Waals surface area contributed by atoms with E-state index in [0.717, 1.165) is 21.3 Å². The van der Waals surface area contributed by atoms with E-state index in [-0.39, 0.29) is 5.82 Å². The first-order valence-corrected chi connectivity index (χ1v) is 6.58. The van der Waals surface area contributed by atoms with Crippen LogP contribution in [0.25, 0.3) is 16.8 Å². The maximum atomic E-state index is 12.9. The molecule has 1 heterocycles. The molecule has 3 rings (SSSR count). The third-order valence-corrected chi connectivity index (χ3v) is 3.33. The Hall–Kier alpha value is -1.94. The van der Waals surface area contributed by atoms with E-state index in [0.29, 0.717) is 0 Å². The summed E-state index contributed by atoms with van der Waals surface area (Å²) in [5, 5.41) is 4.33. The van der Waals surface area contributed by atoms with Crippen LogP contribution in [0.5, 0.6) is 0 Å². The molecule has 0 saturated carbocycles. The molecule has 94 valence electrons. The van der Waals surface area contributed by atoms with Crippen LogP contribution in [-0.2, 0) is 0 Å². The molecule has 0 bridgehead atoms. The molecule has 0 unspecified atom stereocenters. The minimum atomic E-state index is -0.233. The molecule has 0 aliphatic heterocycles. The van der Waals surface area contributed by atoms with E-state index in [1.54, 1.807) is 23.0 Å². The smallest absolute Gasteiger partial charge is 0.123 e. The first-order chi connectivity index (χ1) is 9.22. The Balaban J connectivity index is 1.97. The molecule has 0 amide bonds. The normalized spacial score (nSPS) is 10.6. The van der Waals surface area contributed by atoms with Gasteiger partial charge in [0.15, 0.2) is 0 Å². The third kappa shape index (κ3) is 2.58. The second-order valence-electron chi connectivity index (χ2n) is 4.16. The van der Waals surface area contributed by atoms with Crippen LogP contribution in [-0.4, -0.2) is 9.78 Å². The van der Waals surface area contributed by atoms with Crippen LogP contribution in [0, 0.1) is 5.82 Å². The van der Waals surface area contributed by atoms with Crippen molar-refractivity contribution in [1.82, 2.24) is 9.78 Å². The summed E-state index contributed by atoms with van der Waals surface area (Å²) < 4.78 is 15.7. The van der Waals surface area contributed by atoms with Crippen LogP contribution in [0.15, 0.2) is 65.4 Å². The molecule has 0 aliphatic carbocycles. The molecule has 0 saturated heterocycles.